The van der Waals surface area contributed by atoms with Crippen molar-refractivity contribution in [2.24, 2.45) is 5.92 Å². The Morgan fingerprint density at radius 3 is 2.79 bits per heavy atom. The van der Waals surface area contributed by atoms with Crippen molar-refractivity contribution in [3.8, 4) is 5.75 Å². The van der Waals surface area contributed by atoms with Crippen LogP contribution in [-0.2, 0) is 18.4 Å². The van der Waals surface area contributed by atoms with E-state index in [4.69, 9.17) is 9.15 Å². The first kappa shape index (κ1) is 22.1. The molecule has 6 nitrogen and oxygen atoms in total. The summed E-state index contributed by atoms with van der Waals surface area (Å²) in [4.78, 5) is 8.72. The number of oxazole rings is 1. The van der Waals surface area contributed by atoms with Crippen molar-refractivity contribution in [1.29, 1.82) is 0 Å². The summed E-state index contributed by atoms with van der Waals surface area (Å²) in [7, 11) is 0. The SMILES string of the molecule is CC[C@@]12C[C@@](C)(O)[C@H](O)C(c3ncco3)[C@H]1CCc1cc(OCc3cccnc3C)ccc12. The number of hydrogen-bond donors (Lipinski definition) is 2. The van der Waals surface area contributed by atoms with Gasteiger partial charge in [0, 0.05) is 22.9 Å². The Hall–Kier alpha value is -2.70. The van der Waals surface area contributed by atoms with Gasteiger partial charge >= 0.3 is 0 Å². The van der Waals surface area contributed by atoms with Crippen molar-refractivity contribution < 1.29 is 19.4 Å². The van der Waals surface area contributed by atoms with Gasteiger partial charge in [-0.1, -0.05) is 19.1 Å². The Labute approximate surface area is 194 Å². The van der Waals surface area contributed by atoms with E-state index in [-0.39, 0.29) is 17.3 Å². The molecule has 0 spiro atoms. The summed E-state index contributed by atoms with van der Waals surface area (Å²) in [6.45, 7) is 6.39. The average molecular weight is 449 g/mol. The molecule has 5 atom stereocenters. The first-order chi connectivity index (χ1) is 15.9. The standard InChI is InChI=1S/C27H32N2O4/c1-4-27-16-26(3,31)24(30)23(25-29-12-13-32-25)22(27)9-7-18-14-20(8-10-21(18)27)33-15-19-6-5-11-28-17(19)2/h5-6,8,10-14,22-24,30-31H,4,7,9,15-16H2,1-3H3/t22-,23?,24-,26-,27+/m1/s1. The summed E-state index contributed by atoms with van der Waals surface area (Å²) >= 11 is 0. The lowest BCUT2D eigenvalue weighted by atomic mass is 9.49. The van der Waals surface area contributed by atoms with Gasteiger partial charge in [0.2, 0.25) is 0 Å². The molecule has 1 unspecified atom stereocenters. The quantitative estimate of drug-likeness (QED) is 0.599. The number of aryl methyl sites for hydroxylation is 2. The molecule has 6 heteroatoms. The number of aliphatic hydroxyl groups excluding tert-OH is 1. The number of benzene rings is 1. The molecule has 5 rings (SSSR count). The van der Waals surface area contributed by atoms with Crippen LogP contribution < -0.4 is 4.74 Å². The van der Waals surface area contributed by atoms with E-state index < -0.39 is 11.7 Å². The van der Waals surface area contributed by atoms with Gasteiger partial charge in [-0.2, -0.15) is 0 Å². The van der Waals surface area contributed by atoms with E-state index in [0.29, 0.717) is 18.9 Å². The third kappa shape index (κ3) is 3.65. The second-order valence-corrected chi connectivity index (χ2v) is 9.89. The van der Waals surface area contributed by atoms with Gasteiger partial charge in [-0.25, -0.2) is 4.98 Å². The minimum Gasteiger partial charge on any atom is -0.489 e. The van der Waals surface area contributed by atoms with Crippen molar-refractivity contribution in [1.82, 2.24) is 9.97 Å². The molecule has 0 bridgehead atoms. The number of nitrogens with zero attached hydrogens (tertiary/aromatic N) is 2. The van der Waals surface area contributed by atoms with E-state index in [9.17, 15) is 10.2 Å². The molecule has 3 aromatic rings. The molecule has 2 N–H and O–H groups in total. The number of pyridine rings is 1. The van der Waals surface area contributed by atoms with Gasteiger partial charge in [0.1, 0.15) is 18.6 Å². The minimum absolute atomic E-state index is 0.133. The van der Waals surface area contributed by atoms with Crippen LogP contribution in [0.2, 0.25) is 0 Å². The van der Waals surface area contributed by atoms with E-state index in [1.165, 1.54) is 11.1 Å². The molecule has 2 aliphatic rings. The van der Waals surface area contributed by atoms with E-state index in [1.54, 1.807) is 25.6 Å². The molecule has 2 aromatic heterocycles. The fourth-order valence-corrected chi connectivity index (χ4v) is 6.35. The maximum atomic E-state index is 11.3. The highest BCUT2D eigenvalue weighted by Gasteiger charge is 2.59. The van der Waals surface area contributed by atoms with Gasteiger partial charge in [-0.15, -0.1) is 0 Å². The molecule has 2 aliphatic carbocycles. The minimum atomic E-state index is -1.24. The van der Waals surface area contributed by atoms with Gasteiger partial charge in [-0.3, -0.25) is 4.98 Å². The summed E-state index contributed by atoms with van der Waals surface area (Å²) in [6.07, 6.45) is 7.17. The van der Waals surface area contributed by atoms with Crippen LogP contribution >= 0.6 is 0 Å². The molecule has 0 amide bonds. The zero-order valence-electron chi connectivity index (χ0n) is 19.5. The number of aliphatic hydroxyl groups is 2. The molecule has 1 saturated carbocycles. The maximum Gasteiger partial charge on any atom is 0.200 e. The fourth-order valence-electron chi connectivity index (χ4n) is 6.35. The Morgan fingerprint density at radius 2 is 2.06 bits per heavy atom. The molecule has 2 heterocycles. The van der Waals surface area contributed by atoms with Crippen molar-refractivity contribution in [2.75, 3.05) is 0 Å². The Morgan fingerprint density at radius 1 is 1.21 bits per heavy atom. The van der Waals surface area contributed by atoms with E-state index in [2.05, 4.69) is 29.0 Å². The normalized spacial score (nSPS) is 31.0. The lowest BCUT2D eigenvalue weighted by molar-refractivity contribution is -0.147. The van der Waals surface area contributed by atoms with Gasteiger partial charge in [0.05, 0.1) is 23.8 Å². The molecule has 33 heavy (non-hydrogen) atoms. The monoisotopic (exact) mass is 448 g/mol. The average Bonchev–Trinajstić information content (AvgIpc) is 3.33. The predicted molar refractivity (Wildman–Crippen MR) is 124 cm³/mol. The summed E-state index contributed by atoms with van der Waals surface area (Å²) < 4.78 is 11.8. The number of hydrogen-bond acceptors (Lipinski definition) is 6. The van der Waals surface area contributed by atoms with Crippen molar-refractivity contribution in [3.05, 3.63) is 77.3 Å². The summed E-state index contributed by atoms with van der Waals surface area (Å²) in [5.74, 6) is 1.14. The highest BCUT2D eigenvalue weighted by Crippen LogP contribution is 2.59. The zero-order chi connectivity index (χ0) is 23.2. The molecule has 0 aliphatic heterocycles. The van der Waals surface area contributed by atoms with Crippen LogP contribution in [0.4, 0.5) is 0 Å². The van der Waals surface area contributed by atoms with Crippen LogP contribution in [0.15, 0.2) is 53.4 Å². The van der Waals surface area contributed by atoms with Gasteiger partial charge in [0.25, 0.3) is 0 Å². The van der Waals surface area contributed by atoms with Crippen molar-refractivity contribution in [3.63, 3.8) is 0 Å². The molecular weight excluding hydrogens is 416 g/mol. The summed E-state index contributed by atoms with van der Waals surface area (Å²) in [6, 6.07) is 10.3. The third-order valence-corrected chi connectivity index (χ3v) is 8.01. The van der Waals surface area contributed by atoms with Crippen LogP contribution in [0.25, 0.3) is 0 Å². The number of rotatable bonds is 5. The van der Waals surface area contributed by atoms with Crippen molar-refractivity contribution in [2.45, 2.75) is 76.1 Å². The third-order valence-electron chi connectivity index (χ3n) is 8.01. The van der Waals surface area contributed by atoms with E-state index in [0.717, 1.165) is 36.3 Å². The smallest absolute Gasteiger partial charge is 0.200 e. The summed E-state index contributed by atoms with van der Waals surface area (Å²) in [5, 5.41) is 22.4. The van der Waals surface area contributed by atoms with Crippen LogP contribution in [-0.4, -0.2) is 31.9 Å². The zero-order valence-corrected chi connectivity index (χ0v) is 19.5. The van der Waals surface area contributed by atoms with Crippen LogP contribution in [0.5, 0.6) is 5.75 Å². The van der Waals surface area contributed by atoms with Gasteiger partial charge < -0.3 is 19.4 Å². The van der Waals surface area contributed by atoms with Crippen LogP contribution in [0.1, 0.15) is 67.3 Å². The van der Waals surface area contributed by atoms with Gasteiger partial charge in [-0.05, 0) is 74.8 Å². The largest absolute Gasteiger partial charge is 0.489 e. The first-order valence-electron chi connectivity index (χ1n) is 11.8. The lowest BCUT2D eigenvalue weighted by Crippen LogP contribution is -2.60. The molecule has 174 valence electrons. The fraction of sp³-hybridized carbons (Fsp3) is 0.481. The Balaban J connectivity index is 1.49. The summed E-state index contributed by atoms with van der Waals surface area (Å²) in [5.41, 5.74) is 3.04. The first-order valence-corrected chi connectivity index (χ1v) is 11.8. The molecule has 0 radical (unpaired) electrons. The second-order valence-electron chi connectivity index (χ2n) is 9.89. The van der Waals surface area contributed by atoms with Crippen LogP contribution in [0, 0.1) is 12.8 Å². The highest BCUT2D eigenvalue weighted by molar-refractivity contribution is 5.45. The molecule has 1 fully saturated rings. The molecular formula is C27H32N2O4. The Kier molecular flexibility index (Phi) is 5.53. The lowest BCUT2D eigenvalue weighted by Gasteiger charge is -2.57. The predicted octanol–water partition coefficient (Wildman–Crippen LogP) is 4.47. The number of fused-ring (bicyclic) bond motifs is 3. The van der Waals surface area contributed by atoms with E-state index in [1.807, 2.05) is 25.1 Å². The number of ether oxygens (including phenoxy) is 1. The van der Waals surface area contributed by atoms with E-state index >= 15 is 0 Å². The highest BCUT2D eigenvalue weighted by atomic mass is 16.5. The Bertz CT molecular complexity index is 1130. The van der Waals surface area contributed by atoms with Gasteiger partial charge in [0.15, 0.2) is 5.89 Å². The molecule has 0 saturated heterocycles. The topological polar surface area (TPSA) is 88.6 Å². The number of aromatic nitrogens is 2. The second kappa shape index (κ2) is 8.26. The van der Waals surface area contributed by atoms with Crippen LogP contribution in [0.3, 0.4) is 0 Å². The maximum absolute atomic E-state index is 11.3. The molecule has 1 aromatic carbocycles. The van der Waals surface area contributed by atoms with Crippen molar-refractivity contribution >= 4 is 0 Å².